The van der Waals surface area contributed by atoms with E-state index in [0.717, 1.165) is 10.0 Å². The summed E-state index contributed by atoms with van der Waals surface area (Å²) in [6.45, 7) is 0.378. The number of rotatable bonds is 6. The Morgan fingerprint density at radius 3 is 2.46 bits per heavy atom. The third kappa shape index (κ3) is 4.61. The number of methoxy groups -OCH3 is 1. The van der Waals surface area contributed by atoms with Crippen LogP contribution in [0, 0.1) is 0 Å². The zero-order valence-electron chi connectivity index (χ0n) is 14.1. The molecule has 0 bridgehead atoms. The van der Waals surface area contributed by atoms with Gasteiger partial charge in [-0.05, 0) is 54.1 Å². The number of aromatic nitrogens is 1. The first-order chi connectivity index (χ1) is 12.7. The Hall–Kier alpha value is -2.86. The summed E-state index contributed by atoms with van der Waals surface area (Å²) >= 11 is 3.36. The van der Waals surface area contributed by atoms with Crippen LogP contribution in [0.25, 0.3) is 0 Å². The topological polar surface area (TPSA) is 60.5 Å². The van der Waals surface area contributed by atoms with Crippen molar-refractivity contribution in [3.8, 4) is 11.5 Å². The molecule has 0 aliphatic heterocycles. The highest BCUT2D eigenvalue weighted by molar-refractivity contribution is 9.10. The predicted octanol–water partition coefficient (Wildman–Crippen LogP) is 4.68. The summed E-state index contributed by atoms with van der Waals surface area (Å²) < 4.78 is 12.1. The fourth-order valence-electron chi connectivity index (χ4n) is 2.31. The number of pyridine rings is 1. The molecule has 2 aromatic carbocycles. The highest BCUT2D eigenvalue weighted by atomic mass is 79.9. The molecule has 0 aliphatic rings. The number of carbonyl (C=O) groups is 1. The summed E-state index contributed by atoms with van der Waals surface area (Å²) in [5.74, 6) is 0.960. The van der Waals surface area contributed by atoms with Gasteiger partial charge in [0, 0.05) is 34.2 Å². The molecule has 3 aromatic rings. The molecule has 0 saturated carbocycles. The molecule has 0 spiro atoms. The lowest BCUT2D eigenvalue weighted by Gasteiger charge is -2.13. The van der Waals surface area contributed by atoms with E-state index >= 15 is 0 Å². The SMILES string of the molecule is COc1ccc(NC(=O)c2ccc(Br)cc2)cc1OCc1ccncc1. The number of anilines is 1. The van der Waals surface area contributed by atoms with Gasteiger partial charge in [0.2, 0.25) is 0 Å². The van der Waals surface area contributed by atoms with Gasteiger partial charge < -0.3 is 14.8 Å². The summed E-state index contributed by atoms with van der Waals surface area (Å²) in [5.41, 5.74) is 2.19. The van der Waals surface area contributed by atoms with Gasteiger partial charge in [-0.2, -0.15) is 0 Å². The molecule has 0 radical (unpaired) electrons. The summed E-state index contributed by atoms with van der Waals surface area (Å²) in [5, 5.41) is 2.87. The molecule has 0 fully saturated rings. The van der Waals surface area contributed by atoms with E-state index < -0.39 is 0 Å². The molecule has 5 nitrogen and oxygen atoms in total. The molecule has 1 aromatic heterocycles. The van der Waals surface area contributed by atoms with Gasteiger partial charge in [0.25, 0.3) is 5.91 Å². The van der Waals surface area contributed by atoms with Crippen molar-refractivity contribution in [3.05, 3.63) is 82.6 Å². The maximum absolute atomic E-state index is 12.4. The predicted molar refractivity (Wildman–Crippen MR) is 104 cm³/mol. The molecule has 0 saturated heterocycles. The summed E-state index contributed by atoms with van der Waals surface area (Å²) in [6, 6.07) is 16.2. The quantitative estimate of drug-likeness (QED) is 0.638. The largest absolute Gasteiger partial charge is 0.493 e. The van der Waals surface area contributed by atoms with Crippen molar-refractivity contribution in [2.75, 3.05) is 12.4 Å². The maximum atomic E-state index is 12.4. The number of nitrogens with one attached hydrogen (secondary N) is 1. The van der Waals surface area contributed by atoms with Gasteiger partial charge in [-0.3, -0.25) is 9.78 Å². The standard InChI is InChI=1S/C20H17BrN2O3/c1-25-18-7-6-17(23-20(24)15-2-4-16(21)5-3-15)12-19(18)26-13-14-8-10-22-11-9-14/h2-12H,13H2,1H3,(H,23,24). The van der Waals surface area contributed by atoms with Gasteiger partial charge in [-0.1, -0.05) is 15.9 Å². The number of carbonyl (C=O) groups excluding carboxylic acids is 1. The van der Waals surface area contributed by atoms with Gasteiger partial charge in [0.1, 0.15) is 6.61 Å². The highest BCUT2D eigenvalue weighted by Crippen LogP contribution is 2.31. The Balaban J connectivity index is 1.74. The molecule has 1 N–H and O–H groups in total. The lowest BCUT2D eigenvalue weighted by atomic mass is 10.2. The molecule has 1 amide bonds. The zero-order chi connectivity index (χ0) is 18.4. The third-order valence-electron chi connectivity index (χ3n) is 3.67. The van der Waals surface area contributed by atoms with E-state index in [1.54, 1.807) is 49.8 Å². The van der Waals surface area contributed by atoms with E-state index in [4.69, 9.17) is 9.47 Å². The Bertz CT molecular complexity index is 883. The minimum atomic E-state index is -0.192. The molecule has 6 heteroatoms. The van der Waals surface area contributed by atoms with Crippen LogP contribution in [0.3, 0.4) is 0 Å². The Morgan fingerprint density at radius 1 is 1.04 bits per heavy atom. The van der Waals surface area contributed by atoms with Crippen LogP contribution in [0.1, 0.15) is 15.9 Å². The normalized spacial score (nSPS) is 10.2. The molecule has 132 valence electrons. The van der Waals surface area contributed by atoms with Gasteiger partial charge in [0.05, 0.1) is 7.11 Å². The van der Waals surface area contributed by atoms with Gasteiger partial charge >= 0.3 is 0 Å². The molecule has 3 rings (SSSR count). The van der Waals surface area contributed by atoms with E-state index in [1.807, 2.05) is 24.3 Å². The van der Waals surface area contributed by atoms with Crippen LogP contribution in [-0.2, 0) is 6.61 Å². The number of amides is 1. The van der Waals surface area contributed by atoms with E-state index in [0.29, 0.717) is 29.4 Å². The van der Waals surface area contributed by atoms with Crippen molar-refractivity contribution >= 4 is 27.5 Å². The molecular weight excluding hydrogens is 396 g/mol. The second-order valence-electron chi connectivity index (χ2n) is 5.47. The van der Waals surface area contributed by atoms with Crippen LogP contribution >= 0.6 is 15.9 Å². The molecule has 26 heavy (non-hydrogen) atoms. The van der Waals surface area contributed by atoms with E-state index in [2.05, 4.69) is 26.2 Å². The summed E-state index contributed by atoms with van der Waals surface area (Å²) in [7, 11) is 1.58. The van der Waals surface area contributed by atoms with Gasteiger partial charge in [-0.25, -0.2) is 0 Å². The molecule has 0 aliphatic carbocycles. The molecule has 0 unspecified atom stereocenters. The molecule has 1 heterocycles. The van der Waals surface area contributed by atoms with Crippen molar-refractivity contribution in [2.24, 2.45) is 0 Å². The third-order valence-corrected chi connectivity index (χ3v) is 4.20. The van der Waals surface area contributed by atoms with Crippen LogP contribution in [0.15, 0.2) is 71.5 Å². The van der Waals surface area contributed by atoms with E-state index in [-0.39, 0.29) is 5.91 Å². The summed E-state index contributed by atoms with van der Waals surface area (Å²) in [4.78, 5) is 16.3. The number of nitrogens with zero attached hydrogens (tertiary/aromatic N) is 1. The number of benzene rings is 2. The number of ether oxygens (including phenoxy) is 2. The Labute approximate surface area is 160 Å². The monoisotopic (exact) mass is 412 g/mol. The van der Waals surface area contributed by atoms with Crippen LogP contribution in [0.4, 0.5) is 5.69 Å². The van der Waals surface area contributed by atoms with E-state index in [1.165, 1.54) is 0 Å². The van der Waals surface area contributed by atoms with Crippen molar-refractivity contribution in [2.45, 2.75) is 6.61 Å². The van der Waals surface area contributed by atoms with Crippen LogP contribution in [-0.4, -0.2) is 18.0 Å². The Morgan fingerprint density at radius 2 is 1.77 bits per heavy atom. The minimum Gasteiger partial charge on any atom is -0.493 e. The first-order valence-corrected chi connectivity index (χ1v) is 8.71. The van der Waals surface area contributed by atoms with Crippen molar-refractivity contribution in [3.63, 3.8) is 0 Å². The smallest absolute Gasteiger partial charge is 0.255 e. The number of hydrogen-bond acceptors (Lipinski definition) is 4. The van der Waals surface area contributed by atoms with Gasteiger partial charge in [-0.15, -0.1) is 0 Å². The lowest BCUT2D eigenvalue weighted by Crippen LogP contribution is -2.11. The van der Waals surface area contributed by atoms with E-state index in [9.17, 15) is 4.79 Å². The second-order valence-corrected chi connectivity index (χ2v) is 6.39. The first kappa shape index (κ1) is 17.9. The zero-order valence-corrected chi connectivity index (χ0v) is 15.7. The number of halogens is 1. The van der Waals surface area contributed by atoms with Crippen LogP contribution in [0.5, 0.6) is 11.5 Å². The average molecular weight is 413 g/mol. The fourth-order valence-corrected chi connectivity index (χ4v) is 2.58. The van der Waals surface area contributed by atoms with Crippen molar-refractivity contribution < 1.29 is 14.3 Å². The number of hydrogen-bond donors (Lipinski definition) is 1. The minimum absolute atomic E-state index is 0.192. The fraction of sp³-hybridized carbons (Fsp3) is 0.100. The maximum Gasteiger partial charge on any atom is 0.255 e. The van der Waals surface area contributed by atoms with Crippen LogP contribution < -0.4 is 14.8 Å². The van der Waals surface area contributed by atoms with Crippen LogP contribution in [0.2, 0.25) is 0 Å². The van der Waals surface area contributed by atoms with Crippen molar-refractivity contribution in [1.29, 1.82) is 0 Å². The second kappa shape index (κ2) is 8.49. The van der Waals surface area contributed by atoms with Gasteiger partial charge in [0.15, 0.2) is 11.5 Å². The highest BCUT2D eigenvalue weighted by Gasteiger charge is 2.10. The molecular formula is C20H17BrN2O3. The summed E-state index contributed by atoms with van der Waals surface area (Å²) in [6.07, 6.45) is 3.43. The molecule has 0 atom stereocenters. The Kier molecular flexibility index (Phi) is 5.86. The average Bonchev–Trinajstić information content (AvgIpc) is 2.68. The lowest BCUT2D eigenvalue weighted by molar-refractivity contribution is 0.102. The van der Waals surface area contributed by atoms with Crippen molar-refractivity contribution in [1.82, 2.24) is 4.98 Å². The first-order valence-electron chi connectivity index (χ1n) is 7.92.